The molecule has 0 radical (unpaired) electrons. The summed E-state index contributed by atoms with van der Waals surface area (Å²) < 4.78 is 0. The lowest BCUT2D eigenvalue weighted by atomic mass is 10.1. The van der Waals surface area contributed by atoms with Gasteiger partial charge in [-0.25, -0.2) is 0 Å². The third-order valence-corrected chi connectivity index (χ3v) is 3.30. The molecule has 0 bridgehead atoms. The SMILES string of the molecule is O=C(NCCc1c[nH]c2ccccc12)c1ccncc1. The largest absolute Gasteiger partial charge is 0.361 e. The van der Waals surface area contributed by atoms with Crippen LogP contribution in [0.4, 0.5) is 0 Å². The number of para-hydroxylation sites is 1. The van der Waals surface area contributed by atoms with E-state index in [1.54, 1.807) is 24.5 Å². The highest BCUT2D eigenvalue weighted by Gasteiger charge is 2.06. The fraction of sp³-hybridized carbons (Fsp3) is 0.125. The van der Waals surface area contributed by atoms with E-state index in [0.717, 1.165) is 11.9 Å². The van der Waals surface area contributed by atoms with E-state index in [-0.39, 0.29) is 5.91 Å². The monoisotopic (exact) mass is 265 g/mol. The average molecular weight is 265 g/mol. The molecule has 0 saturated heterocycles. The Bertz CT molecular complexity index is 719. The topological polar surface area (TPSA) is 57.8 Å². The summed E-state index contributed by atoms with van der Waals surface area (Å²) in [7, 11) is 0. The molecule has 2 N–H and O–H groups in total. The Balaban J connectivity index is 1.62. The molecular weight excluding hydrogens is 250 g/mol. The molecule has 0 aliphatic heterocycles. The van der Waals surface area contributed by atoms with Crippen LogP contribution in [0, 0.1) is 0 Å². The number of carbonyl (C=O) groups is 1. The van der Waals surface area contributed by atoms with Gasteiger partial charge in [-0.3, -0.25) is 9.78 Å². The van der Waals surface area contributed by atoms with Gasteiger partial charge in [0, 0.05) is 41.6 Å². The number of nitrogens with one attached hydrogen (secondary N) is 2. The van der Waals surface area contributed by atoms with Crippen LogP contribution in [0.3, 0.4) is 0 Å². The lowest BCUT2D eigenvalue weighted by molar-refractivity contribution is 0.0954. The van der Waals surface area contributed by atoms with Crippen LogP contribution >= 0.6 is 0 Å². The summed E-state index contributed by atoms with van der Waals surface area (Å²) in [5.74, 6) is -0.0627. The maximum atomic E-state index is 11.9. The van der Waals surface area contributed by atoms with Crippen LogP contribution in [-0.4, -0.2) is 22.4 Å². The first-order chi connectivity index (χ1) is 9.84. The predicted molar refractivity (Wildman–Crippen MR) is 78.6 cm³/mol. The van der Waals surface area contributed by atoms with Gasteiger partial charge < -0.3 is 10.3 Å². The molecule has 0 saturated carbocycles. The van der Waals surface area contributed by atoms with Crippen molar-refractivity contribution in [2.24, 2.45) is 0 Å². The van der Waals surface area contributed by atoms with Gasteiger partial charge >= 0.3 is 0 Å². The van der Waals surface area contributed by atoms with Crippen LogP contribution in [0.5, 0.6) is 0 Å². The summed E-state index contributed by atoms with van der Waals surface area (Å²) in [6, 6.07) is 11.6. The number of hydrogen-bond acceptors (Lipinski definition) is 2. The quantitative estimate of drug-likeness (QED) is 0.761. The van der Waals surface area contributed by atoms with Gasteiger partial charge in [0.2, 0.25) is 0 Å². The lowest BCUT2D eigenvalue weighted by Gasteiger charge is -2.04. The summed E-state index contributed by atoms with van der Waals surface area (Å²) in [4.78, 5) is 19.0. The molecule has 20 heavy (non-hydrogen) atoms. The Morgan fingerprint density at radius 3 is 2.80 bits per heavy atom. The van der Waals surface area contributed by atoms with Crippen LogP contribution in [0.2, 0.25) is 0 Å². The fourth-order valence-electron chi connectivity index (χ4n) is 2.25. The van der Waals surface area contributed by atoms with Crippen molar-refractivity contribution in [2.75, 3.05) is 6.54 Å². The second-order valence-electron chi connectivity index (χ2n) is 4.60. The van der Waals surface area contributed by atoms with Crippen molar-refractivity contribution in [2.45, 2.75) is 6.42 Å². The van der Waals surface area contributed by atoms with Gasteiger partial charge in [-0.05, 0) is 30.2 Å². The van der Waals surface area contributed by atoms with Crippen molar-refractivity contribution in [1.82, 2.24) is 15.3 Å². The molecule has 0 spiro atoms. The second-order valence-corrected chi connectivity index (χ2v) is 4.60. The molecule has 4 heteroatoms. The Morgan fingerprint density at radius 1 is 1.15 bits per heavy atom. The molecule has 0 aliphatic rings. The highest BCUT2D eigenvalue weighted by Crippen LogP contribution is 2.17. The summed E-state index contributed by atoms with van der Waals surface area (Å²) in [5, 5.41) is 4.13. The number of carbonyl (C=O) groups excluding carboxylic acids is 1. The zero-order valence-electron chi connectivity index (χ0n) is 11.0. The molecule has 0 unspecified atom stereocenters. The maximum absolute atomic E-state index is 11.9. The number of pyridine rings is 1. The van der Waals surface area contributed by atoms with E-state index in [9.17, 15) is 4.79 Å². The van der Waals surface area contributed by atoms with E-state index in [0.29, 0.717) is 12.1 Å². The van der Waals surface area contributed by atoms with E-state index in [1.807, 2.05) is 24.4 Å². The Kier molecular flexibility index (Phi) is 3.46. The molecule has 3 rings (SSSR count). The first kappa shape index (κ1) is 12.4. The van der Waals surface area contributed by atoms with Crippen LogP contribution in [0.1, 0.15) is 15.9 Å². The fourth-order valence-corrected chi connectivity index (χ4v) is 2.25. The molecule has 2 heterocycles. The molecular formula is C16H15N3O. The van der Waals surface area contributed by atoms with E-state index in [4.69, 9.17) is 0 Å². The molecule has 3 aromatic rings. The zero-order valence-corrected chi connectivity index (χ0v) is 11.0. The molecule has 2 aromatic heterocycles. The highest BCUT2D eigenvalue weighted by molar-refractivity contribution is 5.94. The third kappa shape index (κ3) is 2.54. The molecule has 0 aliphatic carbocycles. The van der Waals surface area contributed by atoms with E-state index in [1.165, 1.54) is 10.9 Å². The van der Waals surface area contributed by atoms with Crippen LogP contribution < -0.4 is 5.32 Å². The van der Waals surface area contributed by atoms with Gasteiger partial charge in [0.05, 0.1) is 0 Å². The smallest absolute Gasteiger partial charge is 0.251 e. The second kappa shape index (κ2) is 5.57. The summed E-state index contributed by atoms with van der Waals surface area (Å²) >= 11 is 0. The minimum atomic E-state index is -0.0627. The number of fused-ring (bicyclic) bond motifs is 1. The van der Waals surface area contributed by atoms with Crippen molar-refractivity contribution in [3.8, 4) is 0 Å². The van der Waals surface area contributed by atoms with Crippen molar-refractivity contribution in [3.63, 3.8) is 0 Å². The van der Waals surface area contributed by atoms with Gasteiger partial charge in [-0.15, -0.1) is 0 Å². The van der Waals surface area contributed by atoms with Crippen molar-refractivity contribution in [1.29, 1.82) is 0 Å². The minimum absolute atomic E-state index is 0.0627. The van der Waals surface area contributed by atoms with E-state index < -0.39 is 0 Å². The number of hydrogen-bond donors (Lipinski definition) is 2. The standard InChI is InChI=1S/C16H15N3O/c20-16(12-5-8-17-9-6-12)18-10-7-13-11-19-15-4-2-1-3-14(13)15/h1-6,8-9,11,19H,7,10H2,(H,18,20). The summed E-state index contributed by atoms with van der Waals surface area (Å²) in [6.07, 6.45) is 6.05. The van der Waals surface area contributed by atoms with Crippen LogP contribution in [0.25, 0.3) is 10.9 Å². The maximum Gasteiger partial charge on any atom is 0.251 e. The number of aromatic nitrogens is 2. The van der Waals surface area contributed by atoms with Gasteiger partial charge in [0.15, 0.2) is 0 Å². The lowest BCUT2D eigenvalue weighted by Crippen LogP contribution is -2.25. The zero-order chi connectivity index (χ0) is 13.8. The Labute approximate surface area is 116 Å². The summed E-state index contributed by atoms with van der Waals surface area (Å²) in [5.41, 5.74) is 2.98. The molecule has 100 valence electrons. The van der Waals surface area contributed by atoms with Gasteiger partial charge in [-0.1, -0.05) is 18.2 Å². The van der Waals surface area contributed by atoms with Crippen LogP contribution in [0.15, 0.2) is 55.0 Å². The average Bonchev–Trinajstić information content (AvgIpc) is 2.92. The Morgan fingerprint density at radius 2 is 1.95 bits per heavy atom. The number of amides is 1. The van der Waals surface area contributed by atoms with Gasteiger partial charge in [0.1, 0.15) is 0 Å². The number of aromatic amines is 1. The van der Waals surface area contributed by atoms with Crippen molar-refractivity contribution < 1.29 is 4.79 Å². The third-order valence-electron chi connectivity index (χ3n) is 3.30. The summed E-state index contributed by atoms with van der Waals surface area (Å²) in [6.45, 7) is 0.614. The molecule has 4 nitrogen and oxygen atoms in total. The van der Waals surface area contributed by atoms with E-state index >= 15 is 0 Å². The molecule has 0 fully saturated rings. The molecule has 1 amide bonds. The number of nitrogens with zero attached hydrogens (tertiary/aromatic N) is 1. The molecule has 1 aromatic carbocycles. The van der Waals surface area contributed by atoms with Crippen molar-refractivity contribution in [3.05, 3.63) is 66.1 Å². The minimum Gasteiger partial charge on any atom is -0.361 e. The molecule has 0 atom stereocenters. The highest BCUT2D eigenvalue weighted by atomic mass is 16.1. The van der Waals surface area contributed by atoms with Crippen LogP contribution in [-0.2, 0) is 6.42 Å². The van der Waals surface area contributed by atoms with Gasteiger partial charge in [0.25, 0.3) is 5.91 Å². The predicted octanol–water partition coefficient (Wildman–Crippen LogP) is 2.54. The number of benzene rings is 1. The Hall–Kier alpha value is -2.62. The normalized spacial score (nSPS) is 10.6. The first-order valence-electron chi connectivity index (χ1n) is 6.58. The number of H-pyrrole nitrogens is 1. The van der Waals surface area contributed by atoms with Gasteiger partial charge in [-0.2, -0.15) is 0 Å². The first-order valence-corrected chi connectivity index (χ1v) is 6.58. The van der Waals surface area contributed by atoms with E-state index in [2.05, 4.69) is 21.4 Å². The number of rotatable bonds is 4. The van der Waals surface area contributed by atoms with Crippen molar-refractivity contribution >= 4 is 16.8 Å².